The van der Waals surface area contributed by atoms with Gasteiger partial charge in [0.05, 0.1) is 5.69 Å². The quantitative estimate of drug-likeness (QED) is 0.843. The summed E-state index contributed by atoms with van der Waals surface area (Å²) in [6, 6.07) is 1.73. The zero-order valence-electron chi connectivity index (χ0n) is 10.7. The average molecular weight is 304 g/mol. The number of aliphatic hydroxyl groups is 1. The fraction of sp³-hybridized carbons (Fsp3) is 0.462. The molecule has 8 heteroatoms. The Morgan fingerprint density at radius 3 is 2.57 bits per heavy atom. The summed E-state index contributed by atoms with van der Waals surface area (Å²) in [5, 5.41) is 11.9. The fourth-order valence-electron chi connectivity index (χ4n) is 2.46. The van der Waals surface area contributed by atoms with Crippen LogP contribution in [0.15, 0.2) is 12.1 Å². The van der Waals surface area contributed by atoms with Crippen molar-refractivity contribution in [3.05, 3.63) is 23.5 Å². The van der Waals surface area contributed by atoms with Crippen molar-refractivity contribution in [3.63, 3.8) is 0 Å². The summed E-state index contributed by atoms with van der Waals surface area (Å²) in [6.07, 6.45) is -4.79. The van der Waals surface area contributed by atoms with Crippen LogP contribution in [0.25, 0.3) is 0 Å². The van der Waals surface area contributed by atoms with Crippen molar-refractivity contribution in [1.82, 2.24) is 0 Å². The number of carbonyl (C=O) groups excluding carboxylic acids is 1. The van der Waals surface area contributed by atoms with Crippen LogP contribution in [-0.4, -0.2) is 29.8 Å². The van der Waals surface area contributed by atoms with Gasteiger partial charge in [0.2, 0.25) is 0 Å². The first-order valence-corrected chi connectivity index (χ1v) is 6.42. The fourth-order valence-corrected chi connectivity index (χ4v) is 2.46. The van der Waals surface area contributed by atoms with Gasteiger partial charge in [-0.1, -0.05) is 0 Å². The summed E-state index contributed by atoms with van der Waals surface area (Å²) in [7, 11) is 0. The summed E-state index contributed by atoms with van der Waals surface area (Å²) in [6.45, 7) is -1.25. The molecule has 3 rings (SSSR count). The molecule has 0 aromatic heterocycles. The van der Waals surface area contributed by atoms with Gasteiger partial charge in [-0.3, -0.25) is 4.79 Å². The molecular weight excluding hydrogens is 292 g/mol. The minimum atomic E-state index is -4.45. The summed E-state index contributed by atoms with van der Waals surface area (Å²) in [5.74, 6) is -1.59. The molecule has 0 radical (unpaired) electrons. The van der Waals surface area contributed by atoms with E-state index in [1.54, 1.807) is 0 Å². The summed E-state index contributed by atoms with van der Waals surface area (Å²) < 4.78 is 52.0. The van der Waals surface area contributed by atoms with Crippen molar-refractivity contribution in [3.8, 4) is 0 Å². The van der Waals surface area contributed by atoms with E-state index >= 15 is 0 Å². The number of anilines is 2. The highest BCUT2D eigenvalue weighted by molar-refractivity contribution is 6.02. The predicted octanol–water partition coefficient (Wildman–Crippen LogP) is 2.34. The smallest absolute Gasteiger partial charge is 0.378 e. The lowest BCUT2D eigenvalue weighted by molar-refractivity contribution is -0.123. The second kappa shape index (κ2) is 4.59. The van der Waals surface area contributed by atoms with Crippen molar-refractivity contribution >= 4 is 17.3 Å². The minimum absolute atomic E-state index is 0.0454. The Morgan fingerprint density at radius 2 is 2.00 bits per heavy atom. The first-order chi connectivity index (χ1) is 9.76. The number of amides is 1. The monoisotopic (exact) mass is 304 g/mol. The van der Waals surface area contributed by atoms with E-state index in [9.17, 15) is 27.5 Å². The molecule has 21 heavy (non-hydrogen) atoms. The third kappa shape index (κ3) is 2.67. The van der Waals surface area contributed by atoms with E-state index in [-0.39, 0.29) is 23.0 Å². The molecule has 114 valence electrons. The van der Waals surface area contributed by atoms with Crippen LogP contribution in [0.5, 0.6) is 0 Å². The number of hydrogen-bond acceptors (Lipinski definition) is 3. The Bertz CT molecular complexity index is 599. The lowest BCUT2D eigenvalue weighted by Gasteiger charge is -2.26. The molecule has 0 spiro atoms. The van der Waals surface area contributed by atoms with Gasteiger partial charge >= 0.3 is 6.18 Å². The van der Waals surface area contributed by atoms with Gasteiger partial charge in [0.25, 0.3) is 5.91 Å². The summed E-state index contributed by atoms with van der Waals surface area (Å²) in [5.41, 5.74) is -0.0105. The maximum absolute atomic E-state index is 14.1. The highest BCUT2D eigenvalue weighted by Gasteiger charge is 2.40. The third-order valence-electron chi connectivity index (χ3n) is 3.57. The molecule has 1 saturated carbocycles. The Kier molecular flexibility index (Phi) is 3.09. The molecule has 2 aliphatic rings. The third-order valence-corrected chi connectivity index (χ3v) is 3.57. The molecule has 0 saturated heterocycles. The molecule has 1 fully saturated rings. The van der Waals surface area contributed by atoms with Crippen molar-refractivity contribution in [1.29, 1.82) is 0 Å². The van der Waals surface area contributed by atoms with E-state index in [0.717, 1.165) is 17.0 Å². The Morgan fingerprint density at radius 1 is 1.33 bits per heavy atom. The van der Waals surface area contributed by atoms with Gasteiger partial charge in [-0.25, -0.2) is 4.39 Å². The van der Waals surface area contributed by atoms with Crippen LogP contribution in [0.4, 0.5) is 28.9 Å². The molecule has 1 aromatic rings. The van der Waals surface area contributed by atoms with Gasteiger partial charge in [0.15, 0.2) is 6.10 Å². The highest BCUT2D eigenvalue weighted by atomic mass is 19.4. The van der Waals surface area contributed by atoms with Gasteiger partial charge in [0.1, 0.15) is 12.4 Å². The van der Waals surface area contributed by atoms with Gasteiger partial charge in [-0.15, -0.1) is 0 Å². The van der Waals surface area contributed by atoms with E-state index in [0.29, 0.717) is 12.8 Å². The summed E-state index contributed by atoms with van der Waals surface area (Å²) in [4.78, 5) is 12.3. The highest BCUT2D eigenvalue weighted by Crippen LogP contribution is 2.40. The maximum Gasteiger partial charge on any atom is 0.405 e. The zero-order chi connectivity index (χ0) is 15.4. The second-order valence-electron chi connectivity index (χ2n) is 5.26. The van der Waals surface area contributed by atoms with Gasteiger partial charge in [-0.05, 0) is 25.0 Å². The number of nitrogens with zero attached hydrogens (tertiary/aromatic N) is 1. The van der Waals surface area contributed by atoms with Crippen molar-refractivity contribution in [2.75, 3.05) is 16.8 Å². The van der Waals surface area contributed by atoms with Gasteiger partial charge in [0, 0.05) is 17.3 Å². The number of hydrogen-bond donors (Lipinski definition) is 2. The number of benzene rings is 1. The van der Waals surface area contributed by atoms with Gasteiger partial charge < -0.3 is 15.3 Å². The Labute approximate surface area is 117 Å². The molecule has 1 aromatic carbocycles. The predicted molar refractivity (Wildman–Crippen MR) is 66.4 cm³/mol. The molecule has 1 unspecified atom stereocenters. The van der Waals surface area contributed by atoms with E-state index in [2.05, 4.69) is 5.32 Å². The van der Waals surface area contributed by atoms with Crippen LogP contribution >= 0.6 is 0 Å². The molecule has 1 aliphatic heterocycles. The number of halogens is 4. The van der Waals surface area contributed by atoms with E-state index < -0.39 is 30.5 Å². The molecule has 1 aliphatic carbocycles. The van der Waals surface area contributed by atoms with Crippen LogP contribution in [-0.2, 0) is 4.79 Å². The SMILES string of the molecule is O=C1Nc2cc(N(CC(F)(F)F)C3CC3)c(F)cc2C1O. The normalized spacial score (nSPS) is 21.2. The van der Waals surface area contributed by atoms with E-state index in [4.69, 9.17) is 0 Å². The standard InChI is InChI=1S/C13H12F4N2O2/c14-8-3-7-9(18-12(21)11(7)20)4-10(8)19(6-1-2-6)5-13(15,16)17/h3-4,6,11,20H,1-2,5H2,(H,18,21). The number of carbonyl (C=O) groups is 1. The minimum Gasteiger partial charge on any atom is -0.378 e. The lowest BCUT2D eigenvalue weighted by atomic mass is 10.1. The first-order valence-electron chi connectivity index (χ1n) is 6.42. The Balaban J connectivity index is 1.98. The molecule has 1 amide bonds. The van der Waals surface area contributed by atoms with Crippen molar-refractivity contribution in [2.24, 2.45) is 0 Å². The van der Waals surface area contributed by atoms with Crippen LogP contribution in [0, 0.1) is 5.82 Å². The molecule has 0 bridgehead atoms. The van der Waals surface area contributed by atoms with Gasteiger partial charge in [-0.2, -0.15) is 13.2 Å². The average Bonchev–Trinajstić information content (AvgIpc) is 3.16. The maximum atomic E-state index is 14.1. The Hall–Kier alpha value is -1.83. The molecular formula is C13H12F4N2O2. The number of alkyl halides is 3. The summed E-state index contributed by atoms with van der Waals surface area (Å²) >= 11 is 0. The first kappa shape index (κ1) is 14.1. The van der Waals surface area contributed by atoms with Crippen LogP contribution in [0.1, 0.15) is 24.5 Å². The van der Waals surface area contributed by atoms with Crippen LogP contribution < -0.4 is 10.2 Å². The number of nitrogens with one attached hydrogen (secondary N) is 1. The van der Waals surface area contributed by atoms with E-state index in [1.165, 1.54) is 0 Å². The topological polar surface area (TPSA) is 52.6 Å². The largest absolute Gasteiger partial charge is 0.405 e. The number of aliphatic hydroxyl groups excluding tert-OH is 1. The van der Waals surface area contributed by atoms with Crippen LogP contribution in [0.2, 0.25) is 0 Å². The number of fused-ring (bicyclic) bond motifs is 1. The molecule has 1 heterocycles. The molecule has 1 atom stereocenters. The van der Waals surface area contributed by atoms with Crippen molar-refractivity contribution < 1.29 is 27.5 Å². The molecule has 4 nitrogen and oxygen atoms in total. The zero-order valence-corrected chi connectivity index (χ0v) is 10.7. The lowest BCUT2D eigenvalue weighted by Crippen LogP contribution is -2.36. The molecule has 2 N–H and O–H groups in total. The van der Waals surface area contributed by atoms with Crippen LogP contribution in [0.3, 0.4) is 0 Å². The van der Waals surface area contributed by atoms with Crippen molar-refractivity contribution in [2.45, 2.75) is 31.2 Å². The second-order valence-corrected chi connectivity index (χ2v) is 5.26. The number of rotatable bonds is 3. The van der Waals surface area contributed by atoms with E-state index in [1.807, 2.05) is 0 Å².